The Morgan fingerprint density at radius 1 is 1.13 bits per heavy atom. The average Bonchev–Trinajstić information content (AvgIpc) is 2.16. The van der Waals surface area contributed by atoms with Gasteiger partial charge in [0.15, 0.2) is 0 Å². The molecule has 2 N–H and O–H groups in total. The van der Waals surface area contributed by atoms with Gasteiger partial charge in [-0.2, -0.15) is 0 Å². The summed E-state index contributed by atoms with van der Waals surface area (Å²) in [6.45, 7) is 1.75. The van der Waals surface area contributed by atoms with Gasteiger partial charge in [-0.05, 0) is 6.92 Å². The van der Waals surface area contributed by atoms with Crippen molar-refractivity contribution in [3.05, 3.63) is 45.0 Å². The second-order valence-corrected chi connectivity index (χ2v) is 2.99. The first-order valence-corrected chi connectivity index (χ1v) is 4.28. The third-order valence-corrected chi connectivity index (χ3v) is 1.90. The van der Waals surface area contributed by atoms with Crippen LogP contribution in [0.1, 0.15) is 5.69 Å². The maximum atomic E-state index is 11.1. The van der Waals surface area contributed by atoms with Crippen LogP contribution in [0.4, 0.5) is 0 Å². The van der Waals surface area contributed by atoms with Crippen LogP contribution < -0.4 is 11.2 Å². The number of hydrogen-bond acceptors (Lipinski definition) is 4. The zero-order valence-corrected chi connectivity index (χ0v) is 7.94. The number of aromatic amines is 2. The van der Waals surface area contributed by atoms with Crippen LogP contribution in [0.15, 0.2) is 28.0 Å². The minimum absolute atomic E-state index is 0.370. The quantitative estimate of drug-likeness (QED) is 0.674. The van der Waals surface area contributed by atoms with Crippen LogP contribution in [-0.2, 0) is 0 Å². The first-order chi connectivity index (χ1) is 7.16. The summed E-state index contributed by atoms with van der Waals surface area (Å²) < 4.78 is 0. The molecule has 0 fully saturated rings. The average molecular weight is 204 g/mol. The van der Waals surface area contributed by atoms with Crippen molar-refractivity contribution in [2.45, 2.75) is 6.92 Å². The van der Waals surface area contributed by atoms with Crippen molar-refractivity contribution in [1.29, 1.82) is 0 Å². The molecule has 0 amide bonds. The van der Waals surface area contributed by atoms with Gasteiger partial charge in [0.05, 0.1) is 11.4 Å². The van der Waals surface area contributed by atoms with Gasteiger partial charge < -0.3 is 4.98 Å². The number of nitrogens with one attached hydrogen (secondary N) is 2. The van der Waals surface area contributed by atoms with Gasteiger partial charge in [-0.1, -0.05) is 0 Å². The molecule has 0 atom stereocenters. The number of rotatable bonds is 1. The fraction of sp³-hybridized carbons (Fsp3) is 0.111. The lowest BCUT2D eigenvalue weighted by atomic mass is 10.2. The van der Waals surface area contributed by atoms with E-state index < -0.39 is 11.2 Å². The molecule has 0 aromatic carbocycles. The van der Waals surface area contributed by atoms with E-state index in [1.54, 1.807) is 13.1 Å². The van der Waals surface area contributed by atoms with Gasteiger partial charge in [-0.3, -0.25) is 19.7 Å². The Morgan fingerprint density at radius 3 is 2.53 bits per heavy atom. The molecule has 2 aromatic rings. The Bertz CT molecular complexity index is 571. The van der Waals surface area contributed by atoms with E-state index in [2.05, 4.69) is 19.9 Å². The van der Waals surface area contributed by atoms with Gasteiger partial charge >= 0.3 is 5.69 Å². The molecule has 0 saturated carbocycles. The van der Waals surface area contributed by atoms with Crippen molar-refractivity contribution in [1.82, 2.24) is 19.9 Å². The normalized spacial score (nSPS) is 10.2. The molecule has 0 bridgehead atoms. The van der Waals surface area contributed by atoms with Gasteiger partial charge in [0.2, 0.25) is 0 Å². The predicted molar refractivity (Wildman–Crippen MR) is 53.4 cm³/mol. The Kier molecular flexibility index (Phi) is 2.17. The summed E-state index contributed by atoms with van der Waals surface area (Å²) in [6, 6.07) is 1.28. The lowest BCUT2D eigenvalue weighted by Crippen LogP contribution is -2.21. The SMILES string of the molecule is Cc1nccnc1-c1cc(=O)[nH]c(=O)[nH]1. The first kappa shape index (κ1) is 9.32. The fourth-order valence-electron chi connectivity index (χ4n) is 1.27. The zero-order chi connectivity index (χ0) is 10.8. The topological polar surface area (TPSA) is 91.5 Å². The highest BCUT2D eigenvalue weighted by molar-refractivity contribution is 5.55. The molecule has 0 unspecified atom stereocenters. The number of aromatic nitrogens is 4. The lowest BCUT2D eigenvalue weighted by Gasteiger charge is -2.01. The highest BCUT2D eigenvalue weighted by Gasteiger charge is 2.05. The van der Waals surface area contributed by atoms with Crippen LogP contribution in [0, 0.1) is 6.92 Å². The van der Waals surface area contributed by atoms with E-state index in [-0.39, 0.29) is 0 Å². The smallest absolute Gasteiger partial charge is 0.305 e. The molecule has 0 saturated heterocycles. The molecule has 0 aliphatic heterocycles. The van der Waals surface area contributed by atoms with E-state index in [1.807, 2.05) is 0 Å². The Labute approximate surface area is 84.1 Å². The third kappa shape index (κ3) is 1.83. The fourth-order valence-corrected chi connectivity index (χ4v) is 1.27. The van der Waals surface area contributed by atoms with E-state index in [9.17, 15) is 9.59 Å². The molecule has 6 heteroatoms. The number of H-pyrrole nitrogens is 2. The van der Waals surface area contributed by atoms with Crippen LogP contribution in [0.2, 0.25) is 0 Å². The van der Waals surface area contributed by atoms with E-state index in [0.717, 1.165) is 0 Å². The summed E-state index contributed by atoms with van der Waals surface area (Å²) in [5.74, 6) is 0. The van der Waals surface area contributed by atoms with Crippen LogP contribution in [0.5, 0.6) is 0 Å². The maximum Gasteiger partial charge on any atom is 0.326 e. The monoisotopic (exact) mass is 204 g/mol. The highest BCUT2D eigenvalue weighted by Crippen LogP contribution is 2.12. The number of hydrogen-bond donors (Lipinski definition) is 2. The van der Waals surface area contributed by atoms with Crippen LogP contribution in [-0.4, -0.2) is 19.9 Å². The van der Waals surface area contributed by atoms with Crippen molar-refractivity contribution in [2.24, 2.45) is 0 Å². The van der Waals surface area contributed by atoms with Gasteiger partial charge in [0.1, 0.15) is 5.69 Å². The van der Waals surface area contributed by atoms with Gasteiger partial charge in [-0.25, -0.2) is 4.79 Å². The molecule has 15 heavy (non-hydrogen) atoms. The number of nitrogens with zero attached hydrogens (tertiary/aromatic N) is 2. The Hall–Kier alpha value is -2.24. The minimum atomic E-state index is -0.553. The number of aryl methyl sites for hydroxylation is 1. The second kappa shape index (κ2) is 3.49. The molecular weight excluding hydrogens is 196 g/mol. The minimum Gasteiger partial charge on any atom is -0.305 e. The lowest BCUT2D eigenvalue weighted by molar-refractivity contribution is 1.02. The molecule has 0 aliphatic rings. The van der Waals surface area contributed by atoms with Gasteiger partial charge in [0, 0.05) is 18.5 Å². The zero-order valence-electron chi connectivity index (χ0n) is 7.94. The van der Waals surface area contributed by atoms with Gasteiger partial charge in [-0.15, -0.1) is 0 Å². The Balaban J connectivity index is 2.70. The summed E-state index contributed by atoms with van der Waals surface area (Å²) in [5, 5.41) is 0. The van der Waals surface area contributed by atoms with Crippen molar-refractivity contribution in [3.63, 3.8) is 0 Å². The van der Waals surface area contributed by atoms with Crippen LogP contribution >= 0.6 is 0 Å². The van der Waals surface area contributed by atoms with Crippen LogP contribution in [0.3, 0.4) is 0 Å². The van der Waals surface area contributed by atoms with Gasteiger partial charge in [0.25, 0.3) is 5.56 Å². The highest BCUT2D eigenvalue weighted by atomic mass is 16.2. The largest absolute Gasteiger partial charge is 0.326 e. The van der Waals surface area contributed by atoms with E-state index >= 15 is 0 Å². The van der Waals surface area contributed by atoms with E-state index in [0.29, 0.717) is 17.1 Å². The molecule has 2 heterocycles. The van der Waals surface area contributed by atoms with Crippen molar-refractivity contribution in [3.8, 4) is 11.4 Å². The van der Waals surface area contributed by atoms with Crippen LogP contribution in [0.25, 0.3) is 11.4 Å². The standard InChI is InChI=1S/C9H8N4O2/c1-5-8(11-3-2-10-5)6-4-7(14)13-9(15)12-6/h2-4H,1H3,(H2,12,13,14,15). The molecule has 0 radical (unpaired) electrons. The molecular formula is C9H8N4O2. The molecule has 0 aliphatic carbocycles. The van der Waals surface area contributed by atoms with Crippen molar-refractivity contribution >= 4 is 0 Å². The summed E-state index contributed by atoms with van der Waals surface area (Å²) in [4.78, 5) is 34.7. The summed E-state index contributed by atoms with van der Waals surface area (Å²) in [5.41, 5.74) is 0.509. The molecule has 2 rings (SSSR count). The van der Waals surface area contributed by atoms with Crippen molar-refractivity contribution in [2.75, 3.05) is 0 Å². The second-order valence-electron chi connectivity index (χ2n) is 2.99. The maximum absolute atomic E-state index is 11.1. The summed E-state index contributed by atoms with van der Waals surface area (Å²) in [7, 11) is 0. The summed E-state index contributed by atoms with van der Waals surface area (Å²) in [6.07, 6.45) is 3.05. The molecule has 76 valence electrons. The first-order valence-electron chi connectivity index (χ1n) is 4.28. The summed E-state index contributed by atoms with van der Waals surface area (Å²) >= 11 is 0. The Morgan fingerprint density at radius 2 is 1.87 bits per heavy atom. The molecule has 0 spiro atoms. The van der Waals surface area contributed by atoms with E-state index in [1.165, 1.54) is 12.3 Å². The third-order valence-electron chi connectivity index (χ3n) is 1.90. The van der Waals surface area contributed by atoms with E-state index in [4.69, 9.17) is 0 Å². The predicted octanol–water partition coefficient (Wildman–Crippen LogP) is -0.171. The van der Waals surface area contributed by atoms with Crippen molar-refractivity contribution < 1.29 is 0 Å². The molecule has 6 nitrogen and oxygen atoms in total. The molecule has 2 aromatic heterocycles.